The number of hydrogen-bond donors (Lipinski definition) is 1. The van der Waals surface area contributed by atoms with Crippen LogP contribution in [0.25, 0.3) is 5.69 Å². The molecule has 7 nitrogen and oxygen atoms in total. The van der Waals surface area contributed by atoms with E-state index >= 15 is 0 Å². The highest BCUT2D eigenvalue weighted by Crippen LogP contribution is 2.24. The third-order valence-electron chi connectivity index (χ3n) is 4.15. The Hall–Kier alpha value is -2.75. The molecular weight excluding hydrogens is 442 g/mol. The quantitative estimate of drug-likeness (QED) is 0.615. The molecule has 0 saturated carbocycles. The molecule has 0 aliphatic heterocycles. The molecule has 0 bridgehead atoms. The van der Waals surface area contributed by atoms with Crippen LogP contribution in [0, 0.1) is 10.6 Å². The topological polar surface area (TPSA) is 78.0 Å². The summed E-state index contributed by atoms with van der Waals surface area (Å²) < 4.78 is 17.2. The van der Waals surface area contributed by atoms with Crippen molar-refractivity contribution >= 4 is 47.0 Å². The maximum atomic E-state index is 14.6. The maximum Gasteiger partial charge on any atom is 0.338 e. The third-order valence-corrected chi connectivity index (χ3v) is 5.27. The zero-order valence-electron chi connectivity index (χ0n) is 15.1. The van der Waals surface area contributed by atoms with Gasteiger partial charge in [-0.25, -0.2) is 18.5 Å². The molecule has 150 valence electrons. The molecule has 1 aromatic heterocycles. The number of carbonyl (C=O) groups is 1. The van der Waals surface area contributed by atoms with E-state index in [1.165, 1.54) is 14.1 Å². The Balaban J connectivity index is 2.16. The van der Waals surface area contributed by atoms with Gasteiger partial charge in [-0.05, 0) is 48.6 Å². The van der Waals surface area contributed by atoms with E-state index in [1.54, 1.807) is 24.3 Å². The van der Waals surface area contributed by atoms with E-state index in [2.05, 4.69) is 5.32 Å². The highest BCUT2D eigenvalue weighted by atomic mass is 35.5. The molecule has 29 heavy (non-hydrogen) atoms. The van der Waals surface area contributed by atoms with Crippen molar-refractivity contribution in [1.82, 2.24) is 13.7 Å². The fourth-order valence-electron chi connectivity index (χ4n) is 2.59. The molecule has 0 radical (unpaired) electrons. The van der Waals surface area contributed by atoms with Crippen molar-refractivity contribution in [1.29, 1.82) is 0 Å². The lowest BCUT2D eigenvalue weighted by Gasteiger charge is -2.13. The third kappa shape index (κ3) is 3.89. The summed E-state index contributed by atoms with van der Waals surface area (Å²) >= 11 is 16.8. The van der Waals surface area contributed by atoms with Crippen LogP contribution in [0.15, 0.2) is 46.0 Å². The fraction of sp³-hybridized carbons (Fsp3) is 0.111. The van der Waals surface area contributed by atoms with Crippen LogP contribution in [0.1, 0.15) is 10.4 Å². The largest absolute Gasteiger partial charge is 0.338 e. The van der Waals surface area contributed by atoms with E-state index in [9.17, 15) is 18.8 Å². The first-order chi connectivity index (χ1) is 13.6. The highest BCUT2D eigenvalue weighted by molar-refractivity contribution is 7.71. The first kappa shape index (κ1) is 21.0. The number of nitrogens with one attached hydrogen (secondary N) is 1. The number of benzene rings is 2. The van der Waals surface area contributed by atoms with Gasteiger partial charge in [0, 0.05) is 24.8 Å². The Morgan fingerprint density at radius 3 is 2.14 bits per heavy atom. The van der Waals surface area contributed by atoms with Crippen LogP contribution in [0.4, 0.5) is 10.1 Å². The second kappa shape index (κ2) is 7.94. The standard InChI is InChI=1S/C18H13Cl2FN4O3S/c1-23-16(27)25(17(28)24(2)18(23)29)14-7-11(12(20)8-13(14)21)15(26)22-10-5-3-9(19)4-6-10/h3-8H,1-2H3,(H,22,26). The van der Waals surface area contributed by atoms with Gasteiger partial charge >= 0.3 is 11.4 Å². The van der Waals surface area contributed by atoms with Crippen LogP contribution in [0.2, 0.25) is 10.0 Å². The van der Waals surface area contributed by atoms with E-state index in [1.807, 2.05) is 0 Å². The molecule has 2 aromatic carbocycles. The van der Waals surface area contributed by atoms with E-state index in [0.717, 1.165) is 21.3 Å². The summed E-state index contributed by atoms with van der Waals surface area (Å²) in [5.41, 5.74) is -1.84. The molecule has 0 fully saturated rings. The molecule has 0 atom stereocenters. The van der Waals surface area contributed by atoms with Gasteiger partial charge in [-0.2, -0.15) is 0 Å². The Morgan fingerprint density at radius 1 is 1.03 bits per heavy atom. The summed E-state index contributed by atoms with van der Waals surface area (Å²) in [5.74, 6) is -1.61. The minimum Gasteiger partial charge on any atom is -0.322 e. The molecule has 11 heteroatoms. The Morgan fingerprint density at radius 2 is 1.59 bits per heavy atom. The number of anilines is 1. The number of aromatic nitrogens is 3. The van der Waals surface area contributed by atoms with Gasteiger partial charge in [0.05, 0.1) is 16.3 Å². The summed E-state index contributed by atoms with van der Waals surface area (Å²) in [7, 11) is 2.70. The molecule has 1 N–H and O–H groups in total. The lowest BCUT2D eigenvalue weighted by Crippen LogP contribution is -2.44. The molecular formula is C18H13Cl2FN4O3S. The van der Waals surface area contributed by atoms with Crippen molar-refractivity contribution in [3.8, 4) is 5.69 Å². The zero-order valence-corrected chi connectivity index (χ0v) is 17.4. The second-order valence-corrected chi connectivity index (χ2v) is 7.25. The average molecular weight is 455 g/mol. The normalized spacial score (nSPS) is 10.8. The fourth-order valence-corrected chi connectivity index (χ4v) is 3.11. The summed E-state index contributed by atoms with van der Waals surface area (Å²) in [6.45, 7) is 0. The monoisotopic (exact) mass is 454 g/mol. The average Bonchev–Trinajstić information content (AvgIpc) is 2.68. The lowest BCUT2D eigenvalue weighted by molar-refractivity contribution is 0.102. The molecule has 0 unspecified atom stereocenters. The first-order valence-corrected chi connectivity index (χ1v) is 9.23. The molecule has 0 saturated heterocycles. The van der Waals surface area contributed by atoms with Gasteiger partial charge in [0.2, 0.25) is 0 Å². The van der Waals surface area contributed by atoms with Crippen LogP contribution in [-0.4, -0.2) is 19.6 Å². The SMILES string of the molecule is Cn1c(=S)n(C)c(=O)n(-c2cc(C(=O)Nc3ccc(Cl)cc3)c(Cl)cc2F)c1=O. The molecule has 1 heterocycles. The van der Waals surface area contributed by atoms with Gasteiger partial charge in [0.25, 0.3) is 5.91 Å². The second-order valence-electron chi connectivity index (χ2n) is 6.05. The van der Waals surface area contributed by atoms with Crippen molar-refractivity contribution in [2.24, 2.45) is 14.1 Å². The van der Waals surface area contributed by atoms with Crippen LogP contribution < -0.4 is 16.7 Å². The Labute approximate surface area is 178 Å². The van der Waals surface area contributed by atoms with Crippen LogP contribution in [-0.2, 0) is 14.1 Å². The lowest BCUT2D eigenvalue weighted by atomic mass is 10.1. The van der Waals surface area contributed by atoms with Crippen molar-refractivity contribution in [2.75, 3.05) is 5.32 Å². The zero-order chi connectivity index (χ0) is 21.5. The number of carbonyl (C=O) groups excluding carboxylic acids is 1. The maximum absolute atomic E-state index is 14.6. The van der Waals surface area contributed by atoms with Crippen molar-refractivity contribution in [3.05, 3.63) is 83.6 Å². The van der Waals surface area contributed by atoms with Crippen molar-refractivity contribution < 1.29 is 9.18 Å². The Kier molecular flexibility index (Phi) is 5.74. The summed E-state index contributed by atoms with van der Waals surface area (Å²) in [4.78, 5) is 37.7. The smallest absolute Gasteiger partial charge is 0.322 e. The first-order valence-electron chi connectivity index (χ1n) is 8.07. The van der Waals surface area contributed by atoms with Gasteiger partial charge in [0.15, 0.2) is 4.77 Å². The van der Waals surface area contributed by atoms with Gasteiger partial charge in [-0.1, -0.05) is 23.2 Å². The molecule has 1 amide bonds. The molecule has 3 aromatic rings. The molecule has 3 rings (SSSR count). The summed E-state index contributed by atoms with van der Waals surface area (Å²) in [6, 6.07) is 8.20. The predicted octanol–water partition coefficient (Wildman–Crippen LogP) is 3.30. The number of amides is 1. The van der Waals surface area contributed by atoms with Crippen molar-refractivity contribution in [2.45, 2.75) is 0 Å². The van der Waals surface area contributed by atoms with Crippen molar-refractivity contribution in [3.63, 3.8) is 0 Å². The van der Waals surface area contributed by atoms with Gasteiger partial charge in [-0.15, -0.1) is 0 Å². The van der Waals surface area contributed by atoms with E-state index in [0.29, 0.717) is 15.3 Å². The van der Waals surface area contributed by atoms with E-state index in [-0.39, 0.29) is 15.4 Å². The molecule has 0 spiro atoms. The molecule has 0 aliphatic rings. The van der Waals surface area contributed by atoms with E-state index in [4.69, 9.17) is 35.4 Å². The summed E-state index contributed by atoms with van der Waals surface area (Å²) in [5, 5.41) is 2.88. The Bertz CT molecular complexity index is 1270. The van der Waals surface area contributed by atoms with Gasteiger partial charge < -0.3 is 5.32 Å². The van der Waals surface area contributed by atoms with Gasteiger partial charge in [-0.3, -0.25) is 13.9 Å². The number of nitrogens with zero attached hydrogens (tertiary/aromatic N) is 3. The minimum absolute atomic E-state index is 0.0358. The predicted molar refractivity (Wildman–Crippen MR) is 111 cm³/mol. The number of halogens is 3. The number of rotatable bonds is 3. The van der Waals surface area contributed by atoms with Crippen LogP contribution in [0.3, 0.4) is 0 Å². The summed E-state index contributed by atoms with van der Waals surface area (Å²) in [6.07, 6.45) is 0. The van der Waals surface area contributed by atoms with Gasteiger partial charge in [0.1, 0.15) is 5.82 Å². The molecule has 0 aliphatic carbocycles. The highest BCUT2D eigenvalue weighted by Gasteiger charge is 2.20. The number of hydrogen-bond acceptors (Lipinski definition) is 4. The van der Waals surface area contributed by atoms with E-state index < -0.39 is 28.8 Å². The van der Waals surface area contributed by atoms with Crippen LogP contribution >= 0.6 is 35.4 Å². The minimum atomic E-state index is -0.950. The van der Waals surface area contributed by atoms with Crippen LogP contribution in [0.5, 0.6) is 0 Å².